The molecule has 2 rings (SSSR count). The average Bonchev–Trinajstić information content (AvgIpc) is 2.53. The highest BCUT2D eigenvalue weighted by atomic mass is 19.1. The third-order valence-corrected chi connectivity index (χ3v) is 3.34. The zero-order valence-electron chi connectivity index (χ0n) is 13.5. The molecule has 25 heavy (non-hydrogen) atoms. The third-order valence-electron chi connectivity index (χ3n) is 3.34. The van der Waals surface area contributed by atoms with Gasteiger partial charge in [0.1, 0.15) is 17.6 Å². The van der Waals surface area contributed by atoms with Crippen LogP contribution in [0.1, 0.15) is 22.8 Å². The maximum Gasteiger partial charge on any atom is 0.308 e. The number of carbonyl (C=O) groups is 3. The number of hydrogen-bond donors (Lipinski definition) is 2. The highest BCUT2D eigenvalue weighted by Gasteiger charge is 2.20. The highest BCUT2D eigenvalue weighted by Crippen LogP contribution is 2.14. The molecule has 0 saturated heterocycles. The van der Waals surface area contributed by atoms with Crippen LogP contribution in [0.25, 0.3) is 0 Å². The Bertz CT molecular complexity index is 807. The van der Waals surface area contributed by atoms with Crippen LogP contribution >= 0.6 is 0 Å². The summed E-state index contributed by atoms with van der Waals surface area (Å²) in [5.74, 6) is -2.05. The molecule has 2 aromatic rings. The number of nitrogens with one attached hydrogen (secondary N) is 1. The van der Waals surface area contributed by atoms with Crippen molar-refractivity contribution in [1.29, 1.82) is 0 Å². The van der Waals surface area contributed by atoms with Crippen molar-refractivity contribution in [3.05, 3.63) is 65.5 Å². The van der Waals surface area contributed by atoms with E-state index in [2.05, 4.69) is 5.32 Å². The summed E-state index contributed by atoms with van der Waals surface area (Å²) in [5, 5.41) is 2.50. The van der Waals surface area contributed by atoms with Gasteiger partial charge in [0.25, 0.3) is 5.91 Å². The molecule has 0 radical (unpaired) electrons. The fourth-order valence-corrected chi connectivity index (χ4v) is 2.23. The Hall–Kier alpha value is -3.22. The molecular weight excluding hydrogens is 327 g/mol. The molecule has 130 valence electrons. The number of ether oxygens (including phenoxy) is 1. The van der Waals surface area contributed by atoms with Crippen molar-refractivity contribution in [2.45, 2.75) is 19.4 Å². The van der Waals surface area contributed by atoms with E-state index in [1.54, 1.807) is 12.1 Å². The van der Waals surface area contributed by atoms with Gasteiger partial charge >= 0.3 is 5.97 Å². The number of esters is 1. The van der Waals surface area contributed by atoms with Crippen molar-refractivity contribution >= 4 is 17.8 Å². The minimum absolute atomic E-state index is 0.0580. The summed E-state index contributed by atoms with van der Waals surface area (Å²) in [6, 6.07) is 10.6. The highest BCUT2D eigenvalue weighted by molar-refractivity contribution is 5.97. The predicted octanol–water partition coefficient (Wildman–Crippen LogP) is 1.58. The van der Waals surface area contributed by atoms with Gasteiger partial charge in [0.15, 0.2) is 0 Å². The van der Waals surface area contributed by atoms with Gasteiger partial charge in [-0.2, -0.15) is 0 Å². The quantitative estimate of drug-likeness (QED) is 0.614. The van der Waals surface area contributed by atoms with Crippen LogP contribution in [0.15, 0.2) is 48.5 Å². The van der Waals surface area contributed by atoms with Gasteiger partial charge in [-0.05, 0) is 35.9 Å². The molecule has 1 atom stereocenters. The Morgan fingerprint density at radius 1 is 1.16 bits per heavy atom. The van der Waals surface area contributed by atoms with Gasteiger partial charge in [-0.15, -0.1) is 0 Å². The SMILES string of the molecule is CC(=O)Oc1cccc(C(=O)N[C@H](Cc2cccc(F)c2)C(N)=O)c1. The molecule has 3 N–H and O–H groups in total. The smallest absolute Gasteiger partial charge is 0.308 e. The summed E-state index contributed by atoms with van der Waals surface area (Å²) in [6.45, 7) is 1.24. The first-order chi connectivity index (χ1) is 11.8. The van der Waals surface area contributed by atoms with Crippen molar-refractivity contribution in [3.63, 3.8) is 0 Å². The van der Waals surface area contributed by atoms with E-state index in [1.807, 2.05) is 0 Å². The summed E-state index contributed by atoms with van der Waals surface area (Å²) in [6.07, 6.45) is 0.0580. The third kappa shape index (κ3) is 5.42. The second-order valence-corrected chi connectivity index (χ2v) is 5.38. The molecule has 0 saturated carbocycles. The number of carbonyl (C=O) groups excluding carboxylic acids is 3. The van der Waals surface area contributed by atoms with E-state index in [0.717, 1.165) is 0 Å². The molecular formula is C18H17FN2O4. The molecule has 2 amide bonds. The maximum atomic E-state index is 13.2. The van der Waals surface area contributed by atoms with Crippen molar-refractivity contribution in [2.24, 2.45) is 5.73 Å². The van der Waals surface area contributed by atoms with Crippen LogP contribution in [0.3, 0.4) is 0 Å². The van der Waals surface area contributed by atoms with Crippen LogP contribution in [-0.4, -0.2) is 23.8 Å². The molecule has 0 aromatic heterocycles. The Kier molecular flexibility index (Phi) is 5.84. The number of primary amides is 1. The summed E-state index contributed by atoms with van der Waals surface area (Å²) >= 11 is 0. The molecule has 0 bridgehead atoms. The number of hydrogen-bond acceptors (Lipinski definition) is 4. The first-order valence-corrected chi connectivity index (χ1v) is 7.48. The van der Waals surface area contributed by atoms with Crippen molar-refractivity contribution in [1.82, 2.24) is 5.32 Å². The van der Waals surface area contributed by atoms with Crippen LogP contribution < -0.4 is 15.8 Å². The summed E-state index contributed by atoms with van der Waals surface area (Å²) in [4.78, 5) is 34.9. The Morgan fingerprint density at radius 2 is 1.88 bits per heavy atom. The standard InChI is InChI=1S/C18H17FN2O4/c1-11(22)25-15-7-3-5-13(10-15)18(24)21-16(17(20)23)9-12-4-2-6-14(19)8-12/h2-8,10,16H,9H2,1H3,(H2,20,23)(H,21,24)/t16-/m1/s1. The Balaban J connectivity index is 2.12. The molecule has 6 nitrogen and oxygen atoms in total. The van der Waals surface area contributed by atoms with E-state index >= 15 is 0 Å². The number of halogens is 1. The Morgan fingerprint density at radius 3 is 2.52 bits per heavy atom. The van der Waals surface area contributed by atoms with Gasteiger partial charge in [-0.3, -0.25) is 14.4 Å². The molecule has 0 aliphatic rings. The molecule has 0 heterocycles. The molecule has 0 spiro atoms. The van der Waals surface area contributed by atoms with Crippen molar-refractivity contribution in [2.75, 3.05) is 0 Å². The van der Waals surface area contributed by atoms with Crippen LogP contribution in [0.2, 0.25) is 0 Å². The van der Waals surface area contributed by atoms with E-state index in [9.17, 15) is 18.8 Å². The minimum Gasteiger partial charge on any atom is -0.427 e. The zero-order valence-corrected chi connectivity index (χ0v) is 13.5. The van der Waals surface area contributed by atoms with Crippen LogP contribution in [0, 0.1) is 5.82 Å². The lowest BCUT2D eigenvalue weighted by atomic mass is 10.0. The fourth-order valence-electron chi connectivity index (χ4n) is 2.23. The van der Waals surface area contributed by atoms with Gasteiger partial charge in [0.2, 0.25) is 5.91 Å². The topological polar surface area (TPSA) is 98.5 Å². The van der Waals surface area contributed by atoms with Gasteiger partial charge in [0.05, 0.1) is 0 Å². The molecule has 0 unspecified atom stereocenters. The van der Waals surface area contributed by atoms with Crippen LogP contribution in [0.4, 0.5) is 4.39 Å². The minimum atomic E-state index is -1.01. The van der Waals surface area contributed by atoms with E-state index in [1.165, 1.54) is 43.3 Å². The lowest BCUT2D eigenvalue weighted by molar-refractivity contribution is -0.131. The van der Waals surface area contributed by atoms with E-state index in [-0.39, 0.29) is 17.7 Å². The lowest BCUT2D eigenvalue weighted by Crippen LogP contribution is -2.45. The first-order valence-electron chi connectivity index (χ1n) is 7.48. The summed E-state index contributed by atoms with van der Waals surface area (Å²) in [7, 11) is 0. The van der Waals surface area contributed by atoms with Crippen molar-refractivity contribution in [3.8, 4) is 5.75 Å². The van der Waals surface area contributed by atoms with Gasteiger partial charge in [-0.1, -0.05) is 18.2 Å². The van der Waals surface area contributed by atoms with Gasteiger partial charge in [-0.25, -0.2) is 4.39 Å². The monoisotopic (exact) mass is 344 g/mol. The number of amides is 2. The summed E-state index contributed by atoms with van der Waals surface area (Å²) in [5.41, 5.74) is 6.05. The number of benzene rings is 2. The Labute approximate surface area is 143 Å². The second-order valence-electron chi connectivity index (χ2n) is 5.38. The average molecular weight is 344 g/mol. The first kappa shape index (κ1) is 18.1. The number of nitrogens with two attached hydrogens (primary N) is 1. The number of rotatable bonds is 6. The largest absolute Gasteiger partial charge is 0.427 e. The molecule has 0 fully saturated rings. The van der Waals surface area contributed by atoms with Crippen LogP contribution in [0.5, 0.6) is 5.75 Å². The molecule has 7 heteroatoms. The fraction of sp³-hybridized carbons (Fsp3) is 0.167. The van der Waals surface area contributed by atoms with Gasteiger partial charge < -0.3 is 15.8 Å². The van der Waals surface area contributed by atoms with E-state index in [4.69, 9.17) is 10.5 Å². The van der Waals surface area contributed by atoms with E-state index < -0.39 is 29.6 Å². The molecule has 0 aliphatic carbocycles. The van der Waals surface area contributed by atoms with E-state index in [0.29, 0.717) is 5.56 Å². The summed E-state index contributed by atoms with van der Waals surface area (Å²) < 4.78 is 18.2. The predicted molar refractivity (Wildman–Crippen MR) is 88.3 cm³/mol. The van der Waals surface area contributed by atoms with Gasteiger partial charge in [0, 0.05) is 18.9 Å². The maximum absolute atomic E-state index is 13.2. The van der Waals surface area contributed by atoms with Crippen molar-refractivity contribution < 1.29 is 23.5 Å². The van der Waals surface area contributed by atoms with Crippen LogP contribution in [-0.2, 0) is 16.0 Å². The molecule has 0 aliphatic heterocycles. The molecule has 2 aromatic carbocycles. The zero-order chi connectivity index (χ0) is 18.4. The normalized spacial score (nSPS) is 11.4. The second kappa shape index (κ2) is 8.05. The lowest BCUT2D eigenvalue weighted by Gasteiger charge is -2.16.